The fraction of sp³-hybridized carbons (Fsp3) is 0.158. The third-order valence-corrected chi connectivity index (χ3v) is 6.00. The van der Waals surface area contributed by atoms with Crippen LogP contribution in [0.5, 0.6) is 0 Å². The minimum atomic E-state index is -4.86. The molecule has 6 nitrogen and oxygen atoms in total. The van der Waals surface area contributed by atoms with Crippen molar-refractivity contribution in [2.24, 2.45) is 0 Å². The number of hydrogen-bond donors (Lipinski definition) is 1. The van der Waals surface area contributed by atoms with E-state index in [-0.39, 0.29) is 24.4 Å². The van der Waals surface area contributed by atoms with E-state index in [0.29, 0.717) is 21.4 Å². The highest BCUT2D eigenvalue weighted by atomic mass is 35.5. The molecule has 2 aromatic carbocycles. The van der Waals surface area contributed by atoms with E-state index in [2.05, 4.69) is 10.3 Å². The van der Waals surface area contributed by atoms with Gasteiger partial charge in [0.25, 0.3) is 0 Å². The van der Waals surface area contributed by atoms with Crippen LogP contribution in [0.1, 0.15) is 12.3 Å². The Morgan fingerprint density at radius 1 is 1.17 bits per heavy atom. The predicted octanol–water partition coefficient (Wildman–Crippen LogP) is 5.22. The number of amides is 1. The van der Waals surface area contributed by atoms with E-state index in [4.69, 9.17) is 27.6 Å². The summed E-state index contributed by atoms with van der Waals surface area (Å²) in [6.07, 6.45) is 1.44. The molecule has 1 aromatic heterocycles. The minimum Gasteiger partial charge on any atom is -0.441 e. The number of halogens is 4. The first-order valence-corrected chi connectivity index (χ1v) is 10.8. The van der Waals surface area contributed by atoms with Gasteiger partial charge in [0.1, 0.15) is 0 Å². The van der Waals surface area contributed by atoms with Crippen LogP contribution in [-0.4, -0.2) is 25.1 Å². The summed E-state index contributed by atoms with van der Waals surface area (Å²) in [6, 6.07) is 9.83. The van der Waals surface area contributed by atoms with Gasteiger partial charge in [0.05, 0.1) is 21.8 Å². The van der Waals surface area contributed by atoms with E-state index in [0.717, 1.165) is 6.07 Å². The molecule has 0 bridgehead atoms. The number of nitrogens with one attached hydrogen (secondary N) is 1. The number of carbonyl (C=O) groups is 1. The quantitative estimate of drug-likeness (QED) is 0.507. The second kappa shape index (κ2) is 9.11. The molecule has 3 aromatic rings. The zero-order valence-corrected chi connectivity index (χ0v) is 17.4. The van der Waals surface area contributed by atoms with Gasteiger partial charge in [-0.15, -0.1) is 0 Å². The fourth-order valence-corrected chi connectivity index (χ4v) is 3.97. The Bertz CT molecular complexity index is 1180. The van der Waals surface area contributed by atoms with Crippen LogP contribution in [-0.2, 0) is 21.1 Å². The molecule has 0 saturated heterocycles. The molecule has 0 aliphatic rings. The standard InChI is InChI=1S/C19H14Cl2F2N2O4S/c20-11-5-6-12(13(21)9-11)15-10-24-18(29-15)8-7-17(26)25-14-3-1-2-4-16(14)30(27,28)19(22)23/h1-6,9-10,19H,7-8H2,(H,25,26). The van der Waals surface area contributed by atoms with Gasteiger partial charge in [0.15, 0.2) is 11.7 Å². The van der Waals surface area contributed by atoms with Gasteiger partial charge < -0.3 is 9.73 Å². The molecule has 0 radical (unpaired) electrons. The van der Waals surface area contributed by atoms with E-state index in [9.17, 15) is 22.0 Å². The number of nitrogens with zero attached hydrogens (tertiary/aromatic N) is 1. The van der Waals surface area contributed by atoms with Crippen molar-refractivity contribution in [3.63, 3.8) is 0 Å². The summed E-state index contributed by atoms with van der Waals surface area (Å²) in [7, 11) is -4.86. The third kappa shape index (κ3) is 4.97. The van der Waals surface area contributed by atoms with Crippen molar-refractivity contribution < 1.29 is 26.4 Å². The molecule has 0 fully saturated rings. The van der Waals surface area contributed by atoms with E-state index in [1.54, 1.807) is 18.2 Å². The molecule has 0 aliphatic carbocycles. The SMILES string of the molecule is O=C(CCc1ncc(-c2ccc(Cl)cc2Cl)o1)Nc1ccccc1S(=O)(=O)C(F)F. The van der Waals surface area contributed by atoms with E-state index in [1.807, 2.05) is 0 Å². The number of hydrogen-bond acceptors (Lipinski definition) is 5. The molecular weight excluding hydrogens is 461 g/mol. The minimum absolute atomic E-state index is 0.0980. The number of rotatable bonds is 7. The normalized spacial score (nSPS) is 11.6. The first-order chi connectivity index (χ1) is 14.2. The van der Waals surface area contributed by atoms with Crippen molar-refractivity contribution >= 4 is 44.6 Å². The second-order valence-corrected chi connectivity index (χ2v) is 8.82. The Kier molecular flexibility index (Phi) is 6.74. The fourth-order valence-electron chi connectivity index (χ4n) is 2.59. The Balaban J connectivity index is 1.68. The maximum Gasteiger partial charge on any atom is 0.341 e. The number of aryl methyl sites for hydroxylation is 1. The summed E-state index contributed by atoms with van der Waals surface area (Å²) in [5, 5.41) is 3.18. The lowest BCUT2D eigenvalue weighted by molar-refractivity contribution is -0.116. The lowest BCUT2D eigenvalue weighted by Gasteiger charge is -2.11. The van der Waals surface area contributed by atoms with Gasteiger partial charge in [-0.05, 0) is 30.3 Å². The monoisotopic (exact) mass is 474 g/mol. The number of alkyl halides is 2. The average Bonchev–Trinajstić information content (AvgIpc) is 3.15. The highest BCUT2D eigenvalue weighted by Crippen LogP contribution is 2.31. The topological polar surface area (TPSA) is 89.3 Å². The van der Waals surface area contributed by atoms with Crippen molar-refractivity contribution in [2.75, 3.05) is 5.32 Å². The Morgan fingerprint density at radius 3 is 2.60 bits per heavy atom. The van der Waals surface area contributed by atoms with E-state index in [1.165, 1.54) is 24.4 Å². The van der Waals surface area contributed by atoms with Crippen molar-refractivity contribution in [1.82, 2.24) is 4.98 Å². The number of anilines is 1. The summed E-state index contributed by atoms with van der Waals surface area (Å²) < 4.78 is 54.8. The van der Waals surface area contributed by atoms with Crippen LogP contribution in [0.15, 0.2) is 58.0 Å². The zero-order chi connectivity index (χ0) is 21.9. The number of aromatic nitrogens is 1. The molecule has 11 heteroatoms. The second-order valence-electron chi connectivity index (χ2n) is 6.09. The van der Waals surface area contributed by atoms with Gasteiger partial charge in [0.2, 0.25) is 15.7 Å². The molecule has 0 unspecified atom stereocenters. The van der Waals surface area contributed by atoms with Crippen molar-refractivity contribution in [1.29, 1.82) is 0 Å². The number of sulfone groups is 1. The summed E-state index contributed by atoms with van der Waals surface area (Å²) in [4.78, 5) is 15.6. The van der Waals surface area contributed by atoms with Gasteiger partial charge in [-0.25, -0.2) is 13.4 Å². The molecule has 0 aliphatic heterocycles. The van der Waals surface area contributed by atoms with Gasteiger partial charge in [0, 0.05) is 23.4 Å². The Labute approximate surface area is 180 Å². The molecule has 3 rings (SSSR count). The molecule has 0 atom stereocenters. The van der Waals surface area contributed by atoms with Crippen molar-refractivity contribution in [2.45, 2.75) is 23.5 Å². The highest BCUT2D eigenvalue weighted by Gasteiger charge is 2.29. The van der Waals surface area contributed by atoms with E-state index >= 15 is 0 Å². The largest absolute Gasteiger partial charge is 0.441 e. The maximum atomic E-state index is 12.8. The first kappa shape index (κ1) is 22.2. The summed E-state index contributed by atoms with van der Waals surface area (Å²) in [5.74, 6) is -3.54. The van der Waals surface area contributed by atoms with Crippen LogP contribution in [0.25, 0.3) is 11.3 Å². The summed E-state index contributed by atoms with van der Waals surface area (Å²) >= 11 is 12.0. The molecule has 1 amide bonds. The molecule has 30 heavy (non-hydrogen) atoms. The molecule has 1 heterocycles. The Morgan fingerprint density at radius 2 is 1.90 bits per heavy atom. The molecule has 1 N–H and O–H groups in total. The van der Waals surface area contributed by atoms with Crippen LogP contribution >= 0.6 is 23.2 Å². The predicted molar refractivity (Wildman–Crippen MR) is 109 cm³/mol. The van der Waals surface area contributed by atoms with Crippen molar-refractivity contribution in [3.8, 4) is 11.3 Å². The lowest BCUT2D eigenvalue weighted by atomic mass is 10.2. The zero-order valence-electron chi connectivity index (χ0n) is 15.1. The third-order valence-electron chi connectivity index (χ3n) is 4.02. The lowest BCUT2D eigenvalue weighted by Crippen LogP contribution is -2.18. The smallest absolute Gasteiger partial charge is 0.341 e. The number of benzene rings is 2. The van der Waals surface area contributed by atoms with E-state index < -0.39 is 26.4 Å². The summed E-state index contributed by atoms with van der Waals surface area (Å²) in [5.41, 5.74) is 0.360. The van der Waals surface area contributed by atoms with Gasteiger partial charge in [-0.1, -0.05) is 35.3 Å². The van der Waals surface area contributed by atoms with Gasteiger partial charge in [-0.2, -0.15) is 8.78 Å². The Hall–Kier alpha value is -2.49. The molecule has 0 saturated carbocycles. The number of carbonyl (C=O) groups excluding carboxylic acids is 1. The van der Waals surface area contributed by atoms with Crippen molar-refractivity contribution in [3.05, 3.63) is 64.6 Å². The summed E-state index contributed by atoms with van der Waals surface area (Å²) in [6.45, 7) is 0. The maximum absolute atomic E-state index is 12.8. The number of oxazole rings is 1. The average molecular weight is 475 g/mol. The van der Waals surface area contributed by atoms with Crippen LogP contribution in [0.2, 0.25) is 10.0 Å². The van der Waals surface area contributed by atoms with Crippen LogP contribution in [0.3, 0.4) is 0 Å². The number of para-hydroxylation sites is 1. The first-order valence-electron chi connectivity index (χ1n) is 8.49. The molecule has 158 valence electrons. The molecular formula is C19H14Cl2F2N2O4S. The molecule has 0 spiro atoms. The van der Waals surface area contributed by atoms with Gasteiger partial charge in [-0.3, -0.25) is 4.79 Å². The van der Waals surface area contributed by atoms with Gasteiger partial charge >= 0.3 is 5.76 Å². The van der Waals surface area contributed by atoms with Crippen LogP contribution in [0, 0.1) is 0 Å². The highest BCUT2D eigenvalue weighted by molar-refractivity contribution is 7.91. The van der Waals surface area contributed by atoms with Crippen LogP contribution in [0.4, 0.5) is 14.5 Å². The van der Waals surface area contributed by atoms with Crippen LogP contribution < -0.4 is 5.32 Å².